The summed E-state index contributed by atoms with van der Waals surface area (Å²) in [5, 5.41) is 8.88. The van der Waals surface area contributed by atoms with Crippen LogP contribution in [0.25, 0.3) is 0 Å². The molecule has 2 rings (SSSR count). The fourth-order valence-electron chi connectivity index (χ4n) is 1.60. The van der Waals surface area contributed by atoms with Crippen LogP contribution < -0.4 is 10.5 Å². The number of hydrogen-bond acceptors (Lipinski definition) is 3. The summed E-state index contributed by atoms with van der Waals surface area (Å²) in [5.41, 5.74) is 7.42. The third-order valence-electron chi connectivity index (χ3n) is 2.31. The highest BCUT2D eigenvalue weighted by Gasteiger charge is 2.23. The molecule has 3 nitrogen and oxygen atoms in total. The van der Waals surface area contributed by atoms with Crippen molar-refractivity contribution in [2.45, 2.75) is 12.5 Å². The zero-order valence-corrected chi connectivity index (χ0v) is 10.3. The van der Waals surface area contributed by atoms with Gasteiger partial charge in [-0.3, -0.25) is 0 Å². The van der Waals surface area contributed by atoms with Gasteiger partial charge in [0, 0.05) is 22.5 Å². The Balaban J connectivity index is 0.00000112. The second kappa shape index (κ2) is 4.84. The average Bonchev–Trinajstić information content (AvgIpc) is 2.18. The minimum Gasteiger partial charge on any atom is -0.492 e. The molecule has 0 fully saturated rings. The molecule has 0 bridgehead atoms. The Morgan fingerprint density at radius 3 is 2.93 bits per heavy atom. The molecule has 80 valence electrons. The molecule has 0 radical (unpaired) electrons. The first-order chi connectivity index (χ1) is 6.74. The first-order valence-corrected chi connectivity index (χ1v) is 5.14. The van der Waals surface area contributed by atoms with E-state index in [-0.39, 0.29) is 18.4 Å². The predicted molar refractivity (Wildman–Crippen MR) is 63.1 cm³/mol. The van der Waals surface area contributed by atoms with Gasteiger partial charge >= 0.3 is 0 Å². The first kappa shape index (κ1) is 12.3. The molecule has 5 heteroatoms. The summed E-state index contributed by atoms with van der Waals surface area (Å²) in [6, 6.07) is 5.64. The maximum atomic E-state index is 8.88. The van der Waals surface area contributed by atoms with Crippen LogP contribution in [0.3, 0.4) is 0 Å². The quantitative estimate of drug-likeness (QED) is 0.798. The molecular formula is C10H10BrClN2O. The van der Waals surface area contributed by atoms with E-state index in [0.29, 0.717) is 17.9 Å². The lowest BCUT2D eigenvalue weighted by Crippen LogP contribution is -2.21. The minimum absolute atomic E-state index is 0. The van der Waals surface area contributed by atoms with Crippen LogP contribution in [-0.2, 0) is 0 Å². The Morgan fingerprint density at radius 1 is 1.53 bits per heavy atom. The average molecular weight is 290 g/mol. The highest BCUT2D eigenvalue weighted by Crippen LogP contribution is 2.38. The number of hydrogen-bond donors (Lipinski definition) is 1. The Hall–Kier alpha value is -0.760. The number of benzene rings is 1. The molecular weight excluding hydrogens is 279 g/mol. The largest absolute Gasteiger partial charge is 0.492 e. The van der Waals surface area contributed by atoms with E-state index in [1.54, 1.807) is 6.07 Å². The van der Waals surface area contributed by atoms with Crippen LogP contribution in [-0.4, -0.2) is 6.61 Å². The highest BCUT2D eigenvalue weighted by atomic mass is 79.9. The monoisotopic (exact) mass is 288 g/mol. The van der Waals surface area contributed by atoms with Gasteiger partial charge in [-0.25, -0.2) is 0 Å². The van der Waals surface area contributed by atoms with Gasteiger partial charge in [-0.15, -0.1) is 12.4 Å². The van der Waals surface area contributed by atoms with Crippen molar-refractivity contribution in [2.24, 2.45) is 5.73 Å². The lowest BCUT2D eigenvalue weighted by molar-refractivity contribution is 0.267. The van der Waals surface area contributed by atoms with Crippen LogP contribution in [0.4, 0.5) is 0 Å². The lowest BCUT2D eigenvalue weighted by Gasteiger charge is -2.24. The summed E-state index contributed by atoms with van der Waals surface area (Å²) in [7, 11) is 0. The molecule has 2 N–H and O–H groups in total. The second-order valence-electron chi connectivity index (χ2n) is 3.19. The van der Waals surface area contributed by atoms with Crippen LogP contribution in [0.5, 0.6) is 5.75 Å². The summed E-state index contributed by atoms with van der Waals surface area (Å²) < 4.78 is 6.38. The van der Waals surface area contributed by atoms with Crippen molar-refractivity contribution in [3.05, 3.63) is 27.7 Å². The zero-order chi connectivity index (χ0) is 10.1. The maximum absolute atomic E-state index is 8.88. The fourth-order valence-corrected chi connectivity index (χ4v) is 2.20. The van der Waals surface area contributed by atoms with E-state index in [2.05, 4.69) is 22.0 Å². The van der Waals surface area contributed by atoms with Crippen LogP contribution in [0.1, 0.15) is 23.6 Å². The molecule has 1 heterocycles. The number of nitrogens with two attached hydrogens (primary N) is 1. The molecule has 0 amide bonds. The molecule has 15 heavy (non-hydrogen) atoms. The molecule has 0 saturated heterocycles. The fraction of sp³-hybridized carbons (Fsp3) is 0.300. The van der Waals surface area contributed by atoms with Crippen LogP contribution in [0, 0.1) is 11.3 Å². The van der Waals surface area contributed by atoms with Gasteiger partial charge in [-0.05, 0) is 12.1 Å². The standard InChI is InChI=1S/C10H9BrN2O.ClH/c11-7-2-1-6(5-12)10-9(7)8(13)3-4-14-10;/h1-2,8H,3-4,13H2;1H/t8-;/m1./s1. The van der Waals surface area contributed by atoms with Crippen LogP contribution in [0.2, 0.25) is 0 Å². The van der Waals surface area contributed by atoms with Crippen molar-refractivity contribution >= 4 is 28.3 Å². The summed E-state index contributed by atoms with van der Waals surface area (Å²) in [6.07, 6.45) is 0.792. The van der Waals surface area contributed by atoms with Gasteiger partial charge < -0.3 is 10.5 Å². The van der Waals surface area contributed by atoms with Gasteiger partial charge in [0.25, 0.3) is 0 Å². The van der Waals surface area contributed by atoms with E-state index in [4.69, 9.17) is 15.7 Å². The Bertz CT molecular complexity index is 417. The van der Waals surface area contributed by atoms with Crippen molar-refractivity contribution in [3.8, 4) is 11.8 Å². The van der Waals surface area contributed by atoms with Crippen LogP contribution >= 0.6 is 28.3 Å². The van der Waals surface area contributed by atoms with Crippen molar-refractivity contribution < 1.29 is 4.74 Å². The normalized spacial score (nSPS) is 18.1. The number of nitrogens with zero attached hydrogens (tertiary/aromatic N) is 1. The number of nitriles is 1. The topological polar surface area (TPSA) is 59.0 Å². The van der Waals surface area contributed by atoms with Gasteiger partial charge in [0.15, 0.2) is 0 Å². The molecule has 1 aliphatic heterocycles. The van der Waals surface area contributed by atoms with E-state index in [1.165, 1.54) is 0 Å². The van der Waals surface area contributed by atoms with Crippen molar-refractivity contribution in [2.75, 3.05) is 6.61 Å². The third-order valence-corrected chi connectivity index (χ3v) is 3.00. The first-order valence-electron chi connectivity index (χ1n) is 4.35. The third kappa shape index (κ3) is 2.10. The van der Waals surface area contributed by atoms with Gasteiger partial charge in [0.05, 0.1) is 12.2 Å². The summed E-state index contributed by atoms with van der Waals surface area (Å²) in [5.74, 6) is 0.639. The molecule has 0 saturated carbocycles. The molecule has 0 spiro atoms. The predicted octanol–water partition coefficient (Wildman–Crippen LogP) is 2.52. The minimum atomic E-state index is -0.0403. The SMILES string of the molecule is Cl.N#Cc1ccc(Br)c2c1OCC[C@H]2N. The number of fused-ring (bicyclic) bond motifs is 1. The Morgan fingerprint density at radius 2 is 2.27 bits per heavy atom. The smallest absolute Gasteiger partial charge is 0.142 e. The van der Waals surface area contributed by atoms with Crippen molar-refractivity contribution in [1.29, 1.82) is 5.26 Å². The van der Waals surface area contributed by atoms with Crippen molar-refractivity contribution in [3.63, 3.8) is 0 Å². The van der Waals surface area contributed by atoms with Gasteiger partial charge in [-0.1, -0.05) is 15.9 Å². The van der Waals surface area contributed by atoms with E-state index in [1.807, 2.05) is 6.07 Å². The molecule has 0 aromatic heterocycles. The Labute approximate surface area is 103 Å². The van der Waals surface area contributed by atoms with E-state index in [0.717, 1.165) is 16.5 Å². The molecule has 1 aromatic carbocycles. The highest BCUT2D eigenvalue weighted by molar-refractivity contribution is 9.10. The number of ether oxygens (including phenoxy) is 1. The molecule has 1 atom stereocenters. The number of halogens is 2. The van der Waals surface area contributed by atoms with Gasteiger partial charge in [0.1, 0.15) is 11.8 Å². The maximum Gasteiger partial charge on any atom is 0.142 e. The summed E-state index contributed by atoms with van der Waals surface area (Å²) in [6.45, 7) is 0.583. The van der Waals surface area contributed by atoms with E-state index < -0.39 is 0 Å². The zero-order valence-electron chi connectivity index (χ0n) is 7.87. The van der Waals surface area contributed by atoms with E-state index in [9.17, 15) is 0 Å². The van der Waals surface area contributed by atoms with Gasteiger partial charge in [-0.2, -0.15) is 5.26 Å². The molecule has 1 aliphatic rings. The van der Waals surface area contributed by atoms with E-state index >= 15 is 0 Å². The molecule has 1 aromatic rings. The summed E-state index contributed by atoms with van der Waals surface area (Å²) in [4.78, 5) is 0. The second-order valence-corrected chi connectivity index (χ2v) is 4.05. The van der Waals surface area contributed by atoms with Gasteiger partial charge in [0.2, 0.25) is 0 Å². The summed E-state index contributed by atoms with van der Waals surface area (Å²) >= 11 is 3.42. The van der Waals surface area contributed by atoms with Crippen LogP contribution in [0.15, 0.2) is 16.6 Å². The Kier molecular flexibility index (Phi) is 3.97. The van der Waals surface area contributed by atoms with Crippen molar-refractivity contribution in [1.82, 2.24) is 0 Å². The molecule has 0 aliphatic carbocycles. The number of rotatable bonds is 0. The molecule has 0 unspecified atom stereocenters. The lowest BCUT2D eigenvalue weighted by atomic mass is 9.99.